The summed E-state index contributed by atoms with van der Waals surface area (Å²) in [6.07, 6.45) is 1.02. The number of phenolic OH excluding ortho intramolecular Hbond substituents is 1. The van der Waals surface area contributed by atoms with Crippen LogP contribution in [0.15, 0.2) is 12.1 Å². The first kappa shape index (κ1) is 14.0. The summed E-state index contributed by atoms with van der Waals surface area (Å²) in [6.45, 7) is 8.03. The molecule has 0 aromatic heterocycles. The number of rotatable bonds is 5. The minimum absolute atomic E-state index is 0.0635. The molecule has 0 aliphatic heterocycles. The van der Waals surface area contributed by atoms with Crippen molar-refractivity contribution in [3.63, 3.8) is 0 Å². The van der Waals surface area contributed by atoms with Crippen molar-refractivity contribution in [2.24, 2.45) is 0 Å². The molecule has 3 heteroatoms. The summed E-state index contributed by atoms with van der Waals surface area (Å²) in [5.41, 5.74) is 2.73. The van der Waals surface area contributed by atoms with E-state index in [1.807, 2.05) is 26.0 Å². The Hall–Kier alpha value is -1.06. The summed E-state index contributed by atoms with van der Waals surface area (Å²) in [6, 6.07) is 4.15. The van der Waals surface area contributed by atoms with Crippen LogP contribution in [-0.2, 0) is 0 Å². The van der Waals surface area contributed by atoms with Gasteiger partial charge < -0.3 is 15.5 Å². The zero-order valence-electron chi connectivity index (χ0n) is 11.1. The second-order valence-corrected chi connectivity index (χ2v) is 4.71. The Morgan fingerprint density at radius 2 is 1.76 bits per heavy atom. The number of nitrogens with one attached hydrogen (secondary N) is 1. The lowest BCUT2D eigenvalue weighted by molar-refractivity contribution is 0.234. The van der Waals surface area contributed by atoms with E-state index in [1.54, 1.807) is 0 Å². The van der Waals surface area contributed by atoms with E-state index in [4.69, 9.17) is 0 Å². The number of aliphatic hydroxyl groups is 1. The highest BCUT2D eigenvalue weighted by Gasteiger charge is 2.14. The third kappa shape index (κ3) is 3.45. The molecule has 0 heterocycles. The molecule has 2 unspecified atom stereocenters. The lowest BCUT2D eigenvalue weighted by Gasteiger charge is -2.22. The van der Waals surface area contributed by atoms with Crippen molar-refractivity contribution < 1.29 is 10.2 Å². The van der Waals surface area contributed by atoms with Crippen LogP contribution in [0.3, 0.4) is 0 Å². The second kappa shape index (κ2) is 6.03. The van der Waals surface area contributed by atoms with Gasteiger partial charge >= 0.3 is 0 Å². The van der Waals surface area contributed by atoms with Crippen LogP contribution in [0.2, 0.25) is 0 Å². The number of aliphatic hydroxyl groups excluding tert-OH is 1. The quantitative estimate of drug-likeness (QED) is 0.737. The number of aryl methyl sites for hydroxylation is 2. The zero-order valence-corrected chi connectivity index (χ0v) is 11.1. The Morgan fingerprint density at radius 3 is 2.18 bits per heavy atom. The number of hydrogen-bond acceptors (Lipinski definition) is 3. The van der Waals surface area contributed by atoms with Crippen LogP contribution < -0.4 is 5.32 Å². The molecule has 3 N–H and O–H groups in total. The lowest BCUT2D eigenvalue weighted by atomic mass is 10.00. The van der Waals surface area contributed by atoms with Crippen molar-refractivity contribution in [3.05, 3.63) is 28.8 Å². The average Bonchev–Trinajstić information content (AvgIpc) is 2.31. The molecule has 0 radical (unpaired) electrons. The highest BCUT2D eigenvalue weighted by Crippen LogP contribution is 2.26. The third-order valence-corrected chi connectivity index (χ3v) is 3.20. The predicted octanol–water partition coefficient (Wildman–Crippen LogP) is 2.43. The van der Waals surface area contributed by atoms with E-state index in [9.17, 15) is 10.2 Å². The van der Waals surface area contributed by atoms with Gasteiger partial charge in [0.15, 0.2) is 0 Å². The minimum Gasteiger partial charge on any atom is -0.507 e. The van der Waals surface area contributed by atoms with Gasteiger partial charge in [-0.3, -0.25) is 0 Å². The van der Waals surface area contributed by atoms with E-state index >= 15 is 0 Å². The van der Waals surface area contributed by atoms with Crippen molar-refractivity contribution >= 4 is 0 Å². The van der Waals surface area contributed by atoms with Crippen LogP contribution in [0, 0.1) is 13.8 Å². The molecular weight excluding hydrogens is 214 g/mol. The van der Waals surface area contributed by atoms with Gasteiger partial charge in [0.1, 0.15) is 5.75 Å². The van der Waals surface area contributed by atoms with E-state index in [1.165, 1.54) is 0 Å². The largest absolute Gasteiger partial charge is 0.507 e. The lowest BCUT2D eigenvalue weighted by Crippen LogP contribution is -2.32. The van der Waals surface area contributed by atoms with Crippen molar-refractivity contribution in [2.75, 3.05) is 6.61 Å². The summed E-state index contributed by atoms with van der Waals surface area (Å²) < 4.78 is 0. The highest BCUT2D eigenvalue weighted by atomic mass is 16.3. The van der Waals surface area contributed by atoms with Gasteiger partial charge in [-0.15, -0.1) is 0 Å². The first-order valence-corrected chi connectivity index (χ1v) is 6.16. The normalized spacial score (nSPS) is 14.6. The molecule has 2 atom stereocenters. The van der Waals surface area contributed by atoms with Crippen molar-refractivity contribution in [1.82, 2.24) is 5.32 Å². The first-order valence-electron chi connectivity index (χ1n) is 6.16. The minimum atomic E-state index is -0.0667. The molecule has 0 fully saturated rings. The van der Waals surface area contributed by atoms with Gasteiger partial charge in [-0.2, -0.15) is 0 Å². The summed E-state index contributed by atoms with van der Waals surface area (Å²) in [7, 11) is 0. The molecule has 0 saturated heterocycles. The van der Waals surface area contributed by atoms with E-state index in [2.05, 4.69) is 19.2 Å². The second-order valence-electron chi connectivity index (χ2n) is 4.71. The maximum Gasteiger partial charge on any atom is 0.121 e. The van der Waals surface area contributed by atoms with Crippen LogP contribution in [0.25, 0.3) is 0 Å². The monoisotopic (exact) mass is 237 g/mol. The number of aromatic hydroxyl groups is 1. The molecule has 1 aromatic carbocycles. The van der Waals surface area contributed by atoms with Crippen molar-refractivity contribution in [1.29, 1.82) is 0 Å². The summed E-state index contributed by atoms with van der Waals surface area (Å²) in [5, 5.41) is 22.6. The molecule has 0 bridgehead atoms. The van der Waals surface area contributed by atoms with Crippen LogP contribution in [0.4, 0.5) is 0 Å². The van der Waals surface area contributed by atoms with E-state index in [0.29, 0.717) is 11.8 Å². The Bertz CT molecular complexity index is 353. The molecule has 0 amide bonds. The van der Waals surface area contributed by atoms with Gasteiger partial charge in [0.05, 0.1) is 12.6 Å². The number of phenols is 1. The Labute approximate surface area is 103 Å². The summed E-state index contributed by atoms with van der Waals surface area (Å²) in [5.74, 6) is 0.342. The van der Waals surface area contributed by atoms with Gasteiger partial charge in [-0.25, -0.2) is 0 Å². The molecule has 1 rings (SSSR count). The van der Waals surface area contributed by atoms with Crippen LogP contribution in [-0.4, -0.2) is 22.9 Å². The number of hydrogen-bond donors (Lipinski definition) is 3. The summed E-state index contributed by atoms with van der Waals surface area (Å²) >= 11 is 0. The van der Waals surface area contributed by atoms with Gasteiger partial charge in [-0.05, 0) is 43.9 Å². The van der Waals surface area contributed by atoms with Crippen LogP contribution in [0.5, 0.6) is 5.75 Å². The standard InChI is InChI=1S/C14H23NO2/c1-5-11(4)15-13(8-16)12-6-9(2)14(17)10(3)7-12/h6-7,11,13,15-17H,5,8H2,1-4H3. The van der Waals surface area contributed by atoms with Crippen molar-refractivity contribution in [2.45, 2.75) is 46.2 Å². The Kier molecular flexibility index (Phi) is 4.97. The molecule has 0 spiro atoms. The van der Waals surface area contributed by atoms with Gasteiger partial charge in [0.25, 0.3) is 0 Å². The molecule has 0 saturated carbocycles. The smallest absolute Gasteiger partial charge is 0.121 e. The molecule has 0 aliphatic rings. The third-order valence-electron chi connectivity index (χ3n) is 3.20. The van der Waals surface area contributed by atoms with Gasteiger partial charge in [0.2, 0.25) is 0 Å². The molecule has 1 aromatic rings. The maximum absolute atomic E-state index is 9.73. The van der Waals surface area contributed by atoms with Crippen LogP contribution >= 0.6 is 0 Å². The topological polar surface area (TPSA) is 52.5 Å². The van der Waals surface area contributed by atoms with E-state index in [-0.39, 0.29) is 12.6 Å². The first-order chi connectivity index (χ1) is 7.99. The fourth-order valence-corrected chi connectivity index (χ4v) is 1.91. The van der Waals surface area contributed by atoms with E-state index < -0.39 is 0 Å². The molecule has 17 heavy (non-hydrogen) atoms. The fourth-order valence-electron chi connectivity index (χ4n) is 1.91. The maximum atomic E-state index is 9.73. The summed E-state index contributed by atoms with van der Waals surface area (Å²) in [4.78, 5) is 0. The highest BCUT2D eigenvalue weighted by molar-refractivity contribution is 5.43. The van der Waals surface area contributed by atoms with Gasteiger partial charge in [-0.1, -0.05) is 19.1 Å². The Balaban J connectivity index is 2.96. The van der Waals surface area contributed by atoms with Gasteiger partial charge in [0, 0.05) is 6.04 Å². The van der Waals surface area contributed by atoms with E-state index in [0.717, 1.165) is 23.1 Å². The van der Waals surface area contributed by atoms with Crippen LogP contribution in [0.1, 0.15) is 43.0 Å². The molecule has 0 aliphatic carbocycles. The fraction of sp³-hybridized carbons (Fsp3) is 0.571. The average molecular weight is 237 g/mol. The Morgan fingerprint density at radius 1 is 1.24 bits per heavy atom. The van der Waals surface area contributed by atoms with Crippen molar-refractivity contribution in [3.8, 4) is 5.75 Å². The molecule has 96 valence electrons. The number of benzene rings is 1. The SMILES string of the molecule is CCC(C)NC(CO)c1cc(C)c(O)c(C)c1. The molecular formula is C14H23NO2. The molecule has 3 nitrogen and oxygen atoms in total. The zero-order chi connectivity index (χ0) is 13.0. The predicted molar refractivity (Wildman–Crippen MR) is 70.3 cm³/mol.